The third-order valence-electron chi connectivity index (χ3n) is 5.43. The van der Waals surface area contributed by atoms with E-state index in [1.54, 1.807) is 13.0 Å². The van der Waals surface area contributed by atoms with Crippen LogP contribution >= 0.6 is 0 Å². The minimum Gasteiger partial charge on any atom is -0.406 e. The summed E-state index contributed by atoms with van der Waals surface area (Å²) in [6.45, 7) is 1.71. The lowest BCUT2D eigenvalue weighted by atomic mass is 9.96. The van der Waals surface area contributed by atoms with Gasteiger partial charge >= 0.3 is 6.36 Å². The van der Waals surface area contributed by atoms with Gasteiger partial charge in [-0.15, -0.1) is 13.2 Å². The first-order chi connectivity index (χ1) is 15.4. The molecule has 1 saturated carbocycles. The molecule has 0 bridgehead atoms. The van der Waals surface area contributed by atoms with E-state index < -0.39 is 6.36 Å². The molecule has 5 nitrogen and oxygen atoms in total. The molecule has 0 radical (unpaired) electrons. The van der Waals surface area contributed by atoms with E-state index in [0.29, 0.717) is 29.1 Å². The van der Waals surface area contributed by atoms with Crippen molar-refractivity contribution in [3.63, 3.8) is 0 Å². The zero-order chi connectivity index (χ0) is 22.6. The molecule has 0 unspecified atom stereocenters. The van der Waals surface area contributed by atoms with Gasteiger partial charge in [0.15, 0.2) is 0 Å². The quantitative estimate of drug-likeness (QED) is 0.438. The van der Waals surface area contributed by atoms with Crippen LogP contribution in [0.5, 0.6) is 5.75 Å². The first kappa shape index (κ1) is 21.9. The molecule has 2 aromatic carbocycles. The van der Waals surface area contributed by atoms with Crippen molar-refractivity contribution in [1.82, 2.24) is 9.97 Å². The maximum Gasteiger partial charge on any atom is 0.573 e. The van der Waals surface area contributed by atoms with E-state index in [0.717, 1.165) is 24.1 Å². The van der Waals surface area contributed by atoms with Gasteiger partial charge in [-0.2, -0.15) is 4.98 Å². The van der Waals surface area contributed by atoms with E-state index in [9.17, 15) is 13.2 Å². The lowest BCUT2D eigenvalue weighted by molar-refractivity contribution is -0.274. The van der Waals surface area contributed by atoms with Crippen molar-refractivity contribution in [2.24, 2.45) is 0 Å². The number of rotatable bonds is 6. The van der Waals surface area contributed by atoms with Crippen LogP contribution in [0.15, 0.2) is 54.6 Å². The lowest BCUT2D eigenvalue weighted by Crippen LogP contribution is -2.23. The zero-order valence-corrected chi connectivity index (χ0v) is 17.7. The molecule has 1 fully saturated rings. The van der Waals surface area contributed by atoms with Crippen LogP contribution in [-0.2, 0) is 0 Å². The maximum atomic E-state index is 12.5. The molecule has 0 saturated heterocycles. The van der Waals surface area contributed by atoms with Gasteiger partial charge in [-0.1, -0.05) is 49.6 Å². The number of alkyl halides is 3. The zero-order valence-electron chi connectivity index (χ0n) is 17.7. The molecule has 168 valence electrons. The average Bonchev–Trinajstić information content (AvgIpc) is 2.76. The molecule has 0 aliphatic heterocycles. The van der Waals surface area contributed by atoms with E-state index >= 15 is 0 Å². The van der Waals surface area contributed by atoms with Gasteiger partial charge in [0.05, 0.1) is 5.69 Å². The van der Waals surface area contributed by atoms with Gasteiger partial charge in [0.25, 0.3) is 0 Å². The molecule has 0 amide bonds. The highest BCUT2D eigenvalue weighted by Crippen LogP contribution is 2.30. The summed E-state index contributed by atoms with van der Waals surface area (Å²) in [5.41, 5.74) is 2.96. The Bertz CT molecular complexity index is 1050. The normalized spacial score (nSPS) is 14.8. The van der Waals surface area contributed by atoms with Crippen LogP contribution in [-0.4, -0.2) is 22.4 Å². The van der Waals surface area contributed by atoms with Crippen molar-refractivity contribution in [3.8, 4) is 17.0 Å². The van der Waals surface area contributed by atoms with Crippen LogP contribution in [0.4, 0.5) is 30.6 Å². The third-order valence-corrected chi connectivity index (χ3v) is 5.43. The predicted octanol–water partition coefficient (Wildman–Crippen LogP) is 6.84. The SMILES string of the molecule is Cc1cc(OC(F)(F)F)ccc1Nc1cc(-c2ccccc2)nc(NC2CCCCC2)n1. The largest absolute Gasteiger partial charge is 0.573 e. The van der Waals surface area contributed by atoms with Gasteiger partial charge < -0.3 is 15.4 Å². The minimum atomic E-state index is -4.72. The topological polar surface area (TPSA) is 59.1 Å². The molecule has 1 aliphatic carbocycles. The first-order valence-corrected chi connectivity index (χ1v) is 10.7. The second-order valence-corrected chi connectivity index (χ2v) is 7.96. The highest BCUT2D eigenvalue weighted by molar-refractivity contribution is 5.69. The van der Waals surface area contributed by atoms with Crippen molar-refractivity contribution >= 4 is 17.5 Å². The predicted molar refractivity (Wildman–Crippen MR) is 119 cm³/mol. The molecule has 8 heteroatoms. The molecule has 1 aromatic heterocycles. The Morgan fingerprint density at radius 1 is 0.938 bits per heavy atom. The van der Waals surface area contributed by atoms with E-state index in [4.69, 9.17) is 4.98 Å². The smallest absolute Gasteiger partial charge is 0.406 e. The van der Waals surface area contributed by atoms with Crippen LogP contribution in [0.2, 0.25) is 0 Å². The number of aromatic nitrogens is 2. The highest BCUT2D eigenvalue weighted by Gasteiger charge is 2.31. The Morgan fingerprint density at radius 3 is 2.38 bits per heavy atom. The molecule has 3 aromatic rings. The number of aryl methyl sites for hydroxylation is 1. The molecule has 32 heavy (non-hydrogen) atoms. The molecule has 0 spiro atoms. The van der Waals surface area contributed by atoms with Crippen molar-refractivity contribution in [2.45, 2.75) is 51.4 Å². The van der Waals surface area contributed by atoms with Crippen molar-refractivity contribution in [2.75, 3.05) is 10.6 Å². The van der Waals surface area contributed by atoms with E-state index in [1.165, 1.54) is 31.4 Å². The number of halogens is 3. The second kappa shape index (κ2) is 9.46. The standard InChI is InChI=1S/C24H25F3N4O/c1-16-14-19(32-24(25,26)27)12-13-20(16)29-22-15-21(17-8-4-2-5-9-17)30-23(31-22)28-18-10-6-3-7-11-18/h2,4-5,8-9,12-15,18H,3,6-7,10-11H2,1H3,(H2,28,29,30,31). The molecule has 4 rings (SSSR count). The van der Waals surface area contributed by atoms with Gasteiger partial charge in [0, 0.05) is 23.4 Å². The maximum absolute atomic E-state index is 12.5. The number of nitrogens with zero attached hydrogens (tertiary/aromatic N) is 2. The van der Waals surface area contributed by atoms with E-state index in [-0.39, 0.29) is 5.75 Å². The Hall–Kier alpha value is -3.29. The van der Waals surface area contributed by atoms with Gasteiger partial charge in [-0.3, -0.25) is 0 Å². The average molecular weight is 442 g/mol. The molecular weight excluding hydrogens is 417 g/mol. The van der Waals surface area contributed by atoms with E-state index in [2.05, 4.69) is 20.4 Å². The fourth-order valence-corrected chi connectivity index (χ4v) is 3.87. The number of benzene rings is 2. The summed E-state index contributed by atoms with van der Waals surface area (Å²) in [5.74, 6) is 0.841. The number of hydrogen-bond acceptors (Lipinski definition) is 5. The third kappa shape index (κ3) is 5.90. The van der Waals surface area contributed by atoms with Crippen molar-refractivity contribution in [1.29, 1.82) is 0 Å². The first-order valence-electron chi connectivity index (χ1n) is 10.7. The summed E-state index contributed by atoms with van der Waals surface area (Å²) in [4.78, 5) is 9.34. The summed E-state index contributed by atoms with van der Waals surface area (Å²) in [6, 6.07) is 16.1. The lowest BCUT2D eigenvalue weighted by Gasteiger charge is -2.23. The van der Waals surface area contributed by atoms with E-state index in [1.807, 2.05) is 36.4 Å². The fraction of sp³-hybridized carbons (Fsp3) is 0.333. The number of hydrogen-bond donors (Lipinski definition) is 2. The number of ether oxygens (including phenoxy) is 1. The minimum absolute atomic E-state index is 0.257. The molecular formula is C24H25F3N4O. The van der Waals surface area contributed by atoms with Crippen LogP contribution < -0.4 is 15.4 Å². The van der Waals surface area contributed by atoms with Crippen LogP contribution in [0.1, 0.15) is 37.7 Å². The highest BCUT2D eigenvalue weighted by atomic mass is 19.4. The number of anilines is 3. The summed E-state index contributed by atoms with van der Waals surface area (Å²) < 4.78 is 41.5. The Labute approximate surface area is 185 Å². The van der Waals surface area contributed by atoms with Crippen LogP contribution in [0.25, 0.3) is 11.3 Å². The Balaban J connectivity index is 1.61. The fourth-order valence-electron chi connectivity index (χ4n) is 3.87. The molecule has 0 atom stereocenters. The van der Waals surface area contributed by atoms with Crippen LogP contribution in [0, 0.1) is 6.92 Å². The second-order valence-electron chi connectivity index (χ2n) is 7.96. The van der Waals surface area contributed by atoms with Gasteiger partial charge in [0.2, 0.25) is 5.95 Å². The molecule has 2 N–H and O–H groups in total. The van der Waals surface area contributed by atoms with Crippen LogP contribution in [0.3, 0.4) is 0 Å². The summed E-state index contributed by atoms with van der Waals surface area (Å²) in [5, 5.41) is 6.68. The summed E-state index contributed by atoms with van der Waals surface area (Å²) in [6.07, 6.45) is 1.07. The molecule has 1 heterocycles. The summed E-state index contributed by atoms with van der Waals surface area (Å²) >= 11 is 0. The monoisotopic (exact) mass is 442 g/mol. The summed E-state index contributed by atoms with van der Waals surface area (Å²) in [7, 11) is 0. The van der Waals surface area contributed by atoms with Gasteiger partial charge in [-0.25, -0.2) is 4.98 Å². The Morgan fingerprint density at radius 2 is 1.69 bits per heavy atom. The Kier molecular flexibility index (Phi) is 6.48. The van der Waals surface area contributed by atoms with Gasteiger partial charge in [0.1, 0.15) is 11.6 Å². The van der Waals surface area contributed by atoms with Crippen molar-refractivity contribution in [3.05, 3.63) is 60.2 Å². The van der Waals surface area contributed by atoms with Gasteiger partial charge in [-0.05, 0) is 43.5 Å². The van der Waals surface area contributed by atoms with Crippen molar-refractivity contribution < 1.29 is 17.9 Å². The number of nitrogens with one attached hydrogen (secondary N) is 2. The molecule has 1 aliphatic rings.